The van der Waals surface area contributed by atoms with Crippen LogP contribution in [0.1, 0.15) is 5.56 Å². The fourth-order valence-corrected chi connectivity index (χ4v) is 3.37. The van der Waals surface area contributed by atoms with Gasteiger partial charge in [-0.05, 0) is 25.1 Å². The minimum absolute atomic E-state index is 0.590. The number of nitrogens with zero attached hydrogens (tertiary/aromatic N) is 4. The van der Waals surface area contributed by atoms with Gasteiger partial charge in [-0.25, -0.2) is 15.0 Å². The number of fused-ring (bicyclic) bond motifs is 3. The predicted molar refractivity (Wildman–Crippen MR) is 100 cm³/mol. The molecule has 5 rings (SSSR count). The van der Waals surface area contributed by atoms with Crippen molar-refractivity contribution in [3.05, 3.63) is 48.2 Å². The Bertz CT molecular complexity index is 1100. The van der Waals surface area contributed by atoms with E-state index in [9.17, 15) is 0 Å². The highest BCUT2D eigenvalue weighted by atomic mass is 16.5. The van der Waals surface area contributed by atoms with Gasteiger partial charge in [-0.3, -0.25) is 0 Å². The first-order valence-electron chi connectivity index (χ1n) is 8.74. The quantitative estimate of drug-likeness (QED) is 0.553. The number of hydrogen-bond acceptors (Lipinski definition) is 6. The zero-order valence-electron chi connectivity index (χ0n) is 14.5. The second kappa shape index (κ2) is 6.07. The second-order valence-electron chi connectivity index (χ2n) is 6.48. The lowest BCUT2D eigenvalue weighted by Crippen LogP contribution is -2.37. The van der Waals surface area contributed by atoms with Crippen LogP contribution in [0.15, 0.2) is 47.0 Å². The smallest absolute Gasteiger partial charge is 0.229 e. The predicted octanol–water partition coefficient (Wildman–Crippen LogP) is 3.58. The van der Waals surface area contributed by atoms with Gasteiger partial charge in [-0.15, -0.1) is 0 Å². The fourth-order valence-electron chi connectivity index (χ4n) is 3.37. The molecule has 0 unspecified atom stereocenters. The van der Waals surface area contributed by atoms with Gasteiger partial charge in [0, 0.05) is 24.8 Å². The Morgan fingerprint density at radius 3 is 2.77 bits per heavy atom. The molecule has 4 heterocycles. The summed E-state index contributed by atoms with van der Waals surface area (Å²) in [7, 11) is 0. The molecule has 0 aliphatic carbocycles. The van der Waals surface area contributed by atoms with Crippen LogP contribution >= 0.6 is 0 Å². The lowest BCUT2D eigenvalue weighted by molar-refractivity contribution is 0.122. The highest BCUT2D eigenvalue weighted by Crippen LogP contribution is 2.34. The Balaban J connectivity index is 1.79. The van der Waals surface area contributed by atoms with Gasteiger partial charge in [0.05, 0.1) is 18.6 Å². The molecule has 1 aliphatic heterocycles. The van der Waals surface area contributed by atoms with E-state index in [1.54, 1.807) is 6.20 Å². The molecule has 0 saturated carbocycles. The van der Waals surface area contributed by atoms with Crippen molar-refractivity contribution < 1.29 is 9.15 Å². The third kappa shape index (κ3) is 2.50. The molecule has 6 nitrogen and oxygen atoms in total. The molecule has 1 fully saturated rings. The van der Waals surface area contributed by atoms with Gasteiger partial charge in [-0.1, -0.05) is 23.8 Å². The van der Waals surface area contributed by atoms with Crippen LogP contribution in [0.4, 0.5) is 5.82 Å². The number of hydrogen-bond donors (Lipinski definition) is 0. The number of rotatable bonds is 2. The molecule has 130 valence electrons. The summed E-state index contributed by atoms with van der Waals surface area (Å²) in [5.41, 5.74) is 4.27. The molecule has 1 aliphatic rings. The first-order chi connectivity index (χ1) is 12.8. The van der Waals surface area contributed by atoms with E-state index in [0.29, 0.717) is 30.3 Å². The molecular formula is C20H18N4O2. The van der Waals surface area contributed by atoms with E-state index in [4.69, 9.17) is 19.1 Å². The second-order valence-corrected chi connectivity index (χ2v) is 6.48. The third-order valence-electron chi connectivity index (χ3n) is 4.66. The van der Waals surface area contributed by atoms with Crippen molar-refractivity contribution in [1.29, 1.82) is 0 Å². The number of aryl methyl sites for hydroxylation is 1. The molecule has 1 saturated heterocycles. The molecule has 1 aromatic carbocycles. The average Bonchev–Trinajstić information content (AvgIpc) is 3.06. The van der Waals surface area contributed by atoms with Crippen LogP contribution in [0, 0.1) is 6.92 Å². The van der Waals surface area contributed by atoms with Gasteiger partial charge >= 0.3 is 0 Å². The number of ether oxygens (including phenoxy) is 1. The molecule has 0 bridgehead atoms. The maximum absolute atomic E-state index is 6.03. The number of pyridine rings is 1. The lowest BCUT2D eigenvalue weighted by Gasteiger charge is -2.27. The van der Waals surface area contributed by atoms with Crippen LogP contribution in [-0.4, -0.2) is 41.3 Å². The molecule has 0 radical (unpaired) electrons. The summed E-state index contributed by atoms with van der Waals surface area (Å²) in [6, 6.07) is 12.1. The van der Waals surface area contributed by atoms with Gasteiger partial charge in [0.2, 0.25) is 5.71 Å². The average molecular weight is 346 g/mol. The molecule has 6 heteroatoms. The van der Waals surface area contributed by atoms with E-state index in [-0.39, 0.29) is 0 Å². The number of anilines is 1. The van der Waals surface area contributed by atoms with Gasteiger partial charge in [0.25, 0.3) is 0 Å². The Morgan fingerprint density at radius 2 is 1.92 bits per heavy atom. The van der Waals surface area contributed by atoms with Crippen molar-refractivity contribution in [2.45, 2.75) is 6.92 Å². The van der Waals surface area contributed by atoms with E-state index in [0.717, 1.165) is 35.4 Å². The largest absolute Gasteiger partial charge is 0.432 e. The van der Waals surface area contributed by atoms with Crippen molar-refractivity contribution in [1.82, 2.24) is 15.0 Å². The van der Waals surface area contributed by atoms with Crippen molar-refractivity contribution in [2.75, 3.05) is 31.2 Å². The first-order valence-corrected chi connectivity index (χ1v) is 8.74. The van der Waals surface area contributed by atoms with Crippen molar-refractivity contribution in [3.8, 4) is 11.4 Å². The van der Waals surface area contributed by atoms with Gasteiger partial charge in [0.1, 0.15) is 5.52 Å². The van der Waals surface area contributed by atoms with Gasteiger partial charge in [-0.2, -0.15) is 0 Å². The minimum Gasteiger partial charge on any atom is -0.432 e. The minimum atomic E-state index is 0.590. The topological polar surface area (TPSA) is 64.3 Å². The van der Waals surface area contributed by atoms with E-state index in [1.807, 2.05) is 24.3 Å². The number of benzene rings is 1. The van der Waals surface area contributed by atoms with E-state index >= 15 is 0 Å². The Hall–Kier alpha value is -2.99. The number of furan rings is 1. The highest BCUT2D eigenvalue weighted by Gasteiger charge is 2.22. The Kier molecular flexibility index (Phi) is 3.57. The molecule has 0 atom stereocenters. The normalized spacial score (nSPS) is 15.0. The maximum atomic E-state index is 6.03. The van der Waals surface area contributed by atoms with E-state index in [2.05, 4.69) is 28.9 Å². The molecular weight excluding hydrogens is 328 g/mol. The first kappa shape index (κ1) is 15.3. The molecule has 26 heavy (non-hydrogen) atoms. The molecule has 3 aromatic heterocycles. The summed E-state index contributed by atoms with van der Waals surface area (Å²) in [6.07, 6.45) is 1.73. The lowest BCUT2D eigenvalue weighted by atomic mass is 10.1. The summed E-state index contributed by atoms with van der Waals surface area (Å²) < 4.78 is 11.5. The van der Waals surface area contributed by atoms with Crippen LogP contribution in [0.25, 0.3) is 33.6 Å². The SMILES string of the molecule is Cc1cccc(-c2nc(N3CCOCC3)c3oc4ncccc4c3n2)c1. The summed E-state index contributed by atoms with van der Waals surface area (Å²) in [6.45, 7) is 5.00. The van der Waals surface area contributed by atoms with E-state index in [1.165, 1.54) is 5.56 Å². The molecule has 0 N–H and O–H groups in total. The standard InChI is InChI=1S/C20H18N4O2/c1-13-4-2-5-14(12-13)18-22-16-15-6-3-7-21-20(15)26-17(16)19(23-18)24-8-10-25-11-9-24/h2-7,12H,8-11H2,1H3. The molecule has 4 aromatic rings. The summed E-state index contributed by atoms with van der Waals surface area (Å²) in [5, 5.41) is 0.910. The van der Waals surface area contributed by atoms with Crippen molar-refractivity contribution in [3.63, 3.8) is 0 Å². The van der Waals surface area contributed by atoms with Crippen molar-refractivity contribution in [2.24, 2.45) is 0 Å². The Labute approximate surface area is 150 Å². The number of morpholine rings is 1. The zero-order chi connectivity index (χ0) is 17.5. The fraction of sp³-hybridized carbons (Fsp3) is 0.250. The number of aromatic nitrogens is 3. The van der Waals surface area contributed by atoms with Crippen LogP contribution in [0.2, 0.25) is 0 Å². The summed E-state index contributed by atoms with van der Waals surface area (Å²) in [5.74, 6) is 1.52. The van der Waals surface area contributed by atoms with Crippen LogP contribution < -0.4 is 4.90 Å². The summed E-state index contributed by atoms with van der Waals surface area (Å²) in [4.78, 5) is 16.2. The zero-order valence-corrected chi connectivity index (χ0v) is 14.5. The highest BCUT2D eigenvalue weighted by molar-refractivity contribution is 6.05. The van der Waals surface area contributed by atoms with Gasteiger partial charge < -0.3 is 14.1 Å². The van der Waals surface area contributed by atoms with Gasteiger partial charge in [0.15, 0.2) is 17.2 Å². The third-order valence-corrected chi connectivity index (χ3v) is 4.66. The van der Waals surface area contributed by atoms with Crippen LogP contribution in [0.3, 0.4) is 0 Å². The molecule has 0 spiro atoms. The van der Waals surface area contributed by atoms with Crippen LogP contribution in [-0.2, 0) is 4.74 Å². The Morgan fingerprint density at radius 1 is 1.04 bits per heavy atom. The summed E-state index contributed by atoms with van der Waals surface area (Å²) >= 11 is 0. The molecule has 0 amide bonds. The monoisotopic (exact) mass is 346 g/mol. The van der Waals surface area contributed by atoms with Crippen LogP contribution in [0.5, 0.6) is 0 Å². The maximum Gasteiger partial charge on any atom is 0.229 e. The van der Waals surface area contributed by atoms with Crippen molar-refractivity contribution >= 4 is 28.0 Å². The van der Waals surface area contributed by atoms with E-state index < -0.39 is 0 Å².